The molecule has 132 valence electrons. The Morgan fingerprint density at radius 3 is 2.73 bits per heavy atom. The van der Waals surface area contributed by atoms with Crippen molar-refractivity contribution in [2.45, 2.75) is 24.3 Å². The first-order valence-electron chi connectivity index (χ1n) is 7.72. The van der Waals surface area contributed by atoms with Crippen LogP contribution in [0, 0.1) is 6.92 Å². The van der Waals surface area contributed by atoms with E-state index in [0.29, 0.717) is 34.2 Å². The summed E-state index contributed by atoms with van der Waals surface area (Å²) in [5.41, 5.74) is 2.62. The Hall–Kier alpha value is -2.16. The predicted molar refractivity (Wildman–Crippen MR) is 100 cm³/mol. The molecule has 6 nitrogen and oxygen atoms in total. The number of rotatable bonds is 6. The predicted octanol–water partition coefficient (Wildman–Crippen LogP) is 5.03. The van der Waals surface area contributed by atoms with Crippen LogP contribution in [0.4, 0.5) is 0 Å². The normalized spacial score (nSPS) is 11.2. The number of halogens is 1. The van der Waals surface area contributed by atoms with Crippen LogP contribution in [0.15, 0.2) is 50.0 Å². The molecule has 0 spiro atoms. The van der Waals surface area contributed by atoms with E-state index in [1.54, 1.807) is 29.7 Å². The zero-order valence-corrected chi connectivity index (χ0v) is 16.1. The molecule has 9 heteroatoms. The van der Waals surface area contributed by atoms with Crippen molar-refractivity contribution in [2.24, 2.45) is 0 Å². The molecule has 0 saturated heterocycles. The zero-order valence-electron chi connectivity index (χ0n) is 13.7. The van der Waals surface area contributed by atoms with Crippen LogP contribution in [0.2, 0.25) is 5.02 Å². The third kappa shape index (κ3) is 4.14. The standard InChI is InChI=1S/C17H13ClN4O2S2/c1-10-19-13(8-25-10)6-15-21-22-17(24-15)26-9-14-7-23-16(20-14)11-2-4-12(18)5-3-11/h2-5,7-8H,6,9H2,1H3. The van der Waals surface area contributed by atoms with Crippen LogP contribution in [0.1, 0.15) is 22.3 Å². The van der Waals surface area contributed by atoms with E-state index in [0.717, 1.165) is 22.0 Å². The summed E-state index contributed by atoms with van der Waals surface area (Å²) in [6, 6.07) is 7.35. The summed E-state index contributed by atoms with van der Waals surface area (Å²) in [4.78, 5) is 8.87. The molecular formula is C17H13ClN4O2S2. The quantitative estimate of drug-likeness (QED) is 0.417. The molecule has 0 fully saturated rings. The van der Waals surface area contributed by atoms with Crippen LogP contribution in [0.5, 0.6) is 0 Å². The third-order valence-corrected chi connectivity index (χ3v) is 5.36. The minimum absolute atomic E-state index is 0.503. The molecule has 0 radical (unpaired) electrons. The van der Waals surface area contributed by atoms with Gasteiger partial charge in [-0.2, -0.15) is 0 Å². The van der Waals surface area contributed by atoms with Crippen LogP contribution in [-0.2, 0) is 12.2 Å². The Labute approximate surface area is 162 Å². The molecule has 26 heavy (non-hydrogen) atoms. The van der Waals surface area contributed by atoms with Gasteiger partial charge in [-0.25, -0.2) is 9.97 Å². The highest BCUT2D eigenvalue weighted by molar-refractivity contribution is 7.98. The first-order chi connectivity index (χ1) is 12.7. The Morgan fingerprint density at radius 1 is 1.12 bits per heavy atom. The number of nitrogens with zero attached hydrogens (tertiary/aromatic N) is 4. The van der Waals surface area contributed by atoms with Gasteiger partial charge >= 0.3 is 0 Å². The minimum atomic E-state index is 0.503. The highest BCUT2D eigenvalue weighted by Gasteiger charge is 2.12. The molecule has 0 aliphatic carbocycles. The number of thioether (sulfide) groups is 1. The van der Waals surface area contributed by atoms with Crippen molar-refractivity contribution in [1.82, 2.24) is 20.2 Å². The van der Waals surface area contributed by atoms with E-state index < -0.39 is 0 Å². The Morgan fingerprint density at radius 2 is 1.96 bits per heavy atom. The lowest BCUT2D eigenvalue weighted by Gasteiger charge is -1.94. The number of hydrogen-bond acceptors (Lipinski definition) is 8. The number of aryl methyl sites for hydroxylation is 1. The molecule has 0 atom stereocenters. The number of aromatic nitrogens is 4. The van der Waals surface area contributed by atoms with Crippen LogP contribution in [0.3, 0.4) is 0 Å². The van der Waals surface area contributed by atoms with Gasteiger partial charge in [0.25, 0.3) is 5.22 Å². The second-order valence-corrected chi connectivity index (χ2v) is 7.86. The van der Waals surface area contributed by atoms with E-state index in [2.05, 4.69) is 20.2 Å². The molecule has 0 bridgehead atoms. The van der Waals surface area contributed by atoms with E-state index >= 15 is 0 Å². The van der Waals surface area contributed by atoms with Crippen molar-refractivity contribution in [3.63, 3.8) is 0 Å². The summed E-state index contributed by atoms with van der Waals surface area (Å²) in [5.74, 6) is 1.69. The zero-order chi connectivity index (χ0) is 17.9. The van der Waals surface area contributed by atoms with E-state index in [9.17, 15) is 0 Å². The molecular weight excluding hydrogens is 392 g/mol. The lowest BCUT2D eigenvalue weighted by atomic mass is 10.2. The van der Waals surface area contributed by atoms with Crippen molar-refractivity contribution in [3.05, 3.63) is 63.2 Å². The molecule has 0 N–H and O–H groups in total. The fraction of sp³-hybridized carbons (Fsp3) is 0.176. The number of oxazole rings is 1. The third-order valence-electron chi connectivity index (χ3n) is 3.43. The molecule has 3 aromatic heterocycles. The molecule has 0 aliphatic rings. The number of hydrogen-bond donors (Lipinski definition) is 0. The topological polar surface area (TPSA) is 77.8 Å². The molecule has 4 rings (SSSR count). The molecule has 4 aromatic rings. The maximum Gasteiger partial charge on any atom is 0.276 e. The minimum Gasteiger partial charge on any atom is -0.444 e. The molecule has 3 heterocycles. The Bertz CT molecular complexity index is 1010. The maximum atomic E-state index is 5.90. The average Bonchev–Trinajstić information content (AvgIpc) is 3.36. The summed E-state index contributed by atoms with van der Waals surface area (Å²) in [6.45, 7) is 1.97. The van der Waals surface area contributed by atoms with E-state index in [1.165, 1.54) is 11.8 Å². The van der Waals surface area contributed by atoms with Crippen LogP contribution in [-0.4, -0.2) is 20.2 Å². The van der Waals surface area contributed by atoms with Gasteiger partial charge < -0.3 is 8.83 Å². The number of thiazole rings is 1. The van der Waals surface area contributed by atoms with Crippen LogP contribution < -0.4 is 0 Å². The smallest absolute Gasteiger partial charge is 0.276 e. The summed E-state index contributed by atoms with van der Waals surface area (Å²) in [5, 5.41) is 12.3. The fourth-order valence-corrected chi connectivity index (χ4v) is 3.64. The van der Waals surface area contributed by atoms with Gasteiger partial charge in [0.2, 0.25) is 11.8 Å². The van der Waals surface area contributed by atoms with Crippen molar-refractivity contribution in [1.29, 1.82) is 0 Å². The number of benzene rings is 1. The molecule has 0 saturated carbocycles. The van der Waals surface area contributed by atoms with Crippen molar-refractivity contribution in [3.8, 4) is 11.5 Å². The highest BCUT2D eigenvalue weighted by atomic mass is 35.5. The maximum absolute atomic E-state index is 5.90. The lowest BCUT2D eigenvalue weighted by Crippen LogP contribution is -1.88. The van der Waals surface area contributed by atoms with Gasteiger partial charge in [0.05, 0.1) is 22.8 Å². The van der Waals surface area contributed by atoms with Crippen LogP contribution in [0.25, 0.3) is 11.5 Å². The molecule has 0 aliphatic heterocycles. The SMILES string of the molecule is Cc1nc(Cc2nnc(SCc3coc(-c4ccc(Cl)cc4)n3)o2)cs1. The van der Waals surface area contributed by atoms with Gasteiger partial charge in [-0.05, 0) is 31.2 Å². The molecule has 1 aromatic carbocycles. The van der Waals surface area contributed by atoms with Gasteiger partial charge in [0, 0.05) is 21.7 Å². The summed E-state index contributed by atoms with van der Waals surface area (Å²) < 4.78 is 11.2. The second-order valence-electron chi connectivity index (χ2n) is 5.44. The summed E-state index contributed by atoms with van der Waals surface area (Å²) >= 11 is 8.92. The fourth-order valence-electron chi connectivity index (χ4n) is 2.25. The van der Waals surface area contributed by atoms with Gasteiger partial charge in [0.15, 0.2) is 0 Å². The average molecular weight is 405 g/mol. The molecule has 0 amide bonds. The first kappa shape index (κ1) is 17.3. The molecule has 0 unspecified atom stereocenters. The second kappa shape index (κ2) is 7.61. The Balaban J connectivity index is 1.36. The Kier molecular flexibility index (Phi) is 5.05. The lowest BCUT2D eigenvalue weighted by molar-refractivity contribution is 0.419. The van der Waals surface area contributed by atoms with Gasteiger partial charge in [-0.15, -0.1) is 21.5 Å². The van der Waals surface area contributed by atoms with Crippen molar-refractivity contribution < 1.29 is 8.83 Å². The van der Waals surface area contributed by atoms with Gasteiger partial charge in [-0.3, -0.25) is 0 Å². The highest BCUT2D eigenvalue weighted by Crippen LogP contribution is 2.25. The van der Waals surface area contributed by atoms with Crippen molar-refractivity contribution in [2.75, 3.05) is 0 Å². The van der Waals surface area contributed by atoms with Crippen molar-refractivity contribution >= 4 is 34.7 Å². The van der Waals surface area contributed by atoms with Gasteiger partial charge in [-0.1, -0.05) is 23.4 Å². The summed E-state index contributed by atoms with van der Waals surface area (Å²) in [7, 11) is 0. The van der Waals surface area contributed by atoms with Crippen LogP contribution >= 0.6 is 34.7 Å². The van der Waals surface area contributed by atoms with E-state index in [-0.39, 0.29) is 0 Å². The largest absolute Gasteiger partial charge is 0.444 e. The van der Waals surface area contributed by atoms with E-state index in [4.69, 9.17) is 20.4 Å². The summed E-state index contributed by atoms with van der Waals surface area (Å²) in [6.07, 6.45) is 2.18. The first-order valence-corrected chi connectivity index (χ1v) is 9.96. The van der Waals surface area contributed by atoms with E-state index in [1.807, 2.05) is 24.4 Å². The monoisotopic (exact) mass is 404 g/mol. The van der Waals surface area contributed by atoms with Gasteiger partial charge in [0.1, 0.15) is 6.26 Å².